The highest BCUT2D eigenvalue weighted by Crippen LogP contribution is 2.28. The Hall–Kier alpha value is -2.83. The molecule has 0 amide bonds. The summed E-state index contributed by atoms with van der Waals surface area (Å²) in [6.45, 7) is -0.550. The average Bonchev–Trinajstić information content (AvgIpc) is 2.77. The van der Waals surface area contributed by atoms with Crippen molar-refractivity contribution >= 4 is 17.0 Å². The van der Waals surface area contributed by atoms with Crippen LogP contribution in [0.5, 0.6) is 0 Å². The number of aliphatic carboxylic acids is 1. The number of carboxylic acids is 1. The second kappa shape index (κ2) is 5.18. The molecule has 0 bridgehead atoms. The number of carbonyl (C=O) groups is 1. The van der Waals surface area contributed by atoms with Crippen LogP contribution < -0.4 is 0 Å². The van der Waals surface area contributed by atoms with Crippen LogP contribution in [0.15, 0.2) is 36.4 Å². The Morgan fingerprint density at radius 2 is 1.77 bits per heavy atom. The summed E-state index contributed by atoms with van der Waals surface area (Å²) in [7, 11) is 0. The van der Waals surface area contributed by atoms with Crippen LogP contribution >= 0.6 is 0 Å². The topological polar surface area (TPSA) is 55.1 Å². The zero-order chi connectivity index (χ0) is 15.9. The summed E-state index contributed by atoms with van der Waals surface area (Å²) >= 11 is 0. The number of imidazole rings is 1. The minimum absolute atomic E-state index is 0.000463. The summed E-state index contributed by atoms with van der Waals surface area (Å²) in [5.74, 6) is -4.04. The van der Waals surface area contributed by atoms with E-state index in [0.29, 0.717) is 0 Å². The zero-order valence-electron chi connectivity index (χ0n) is 11.1. The molecule has 0 fully saturated rings. The number of halogens is 3. The number of fused-ring (bicyclic) bond motifs is 1. The lowest BCUT2D eigenvalue weighted by molar-refractivity contribution is -0.137. The van der Waals surface area contributed by atoms with Crippen LogP contribution in [-0.2, 0) is 11.3 Å². The maximum Gasteiger partial charge on any atom is 0.323 e. The highest BCUT2D eigenvalue weighted by molar-refractivity contribution is 5.83. The summed E-state index contributed by atoms with van der Waals surface area (Å²) < 4.78 is 41.8. The van der Waals surface area contributed by atoms with E-state index in [0.717, 1.165) is 16.7 Å². The molecule has 0 aliphatic heterocycles. The average molecular weight is 306 g/mol. The Kier molecular flexibility index (Phi) is 3.32. The molecule has 3 rings (SSSR count). The van der Waals surface area contributed by atoms with Gasteiger partial charge < -0.3 is 9.67 Å². The van der Waals surface area contributed by atoms with Crippen LogP contribution in [0.3, 0.4) is 0 Å². The molecule has 0 atom stereocenters. The minimum Gasteiger partial charge on any atom is -0.480 e. The first kappa shape index (κ1) is 14.1. The molecule has 0 spiro atoms. The fourth-order valence-electron chi connectivity index (χ4n) is 2.26. The third-order valence-corrected chi connectivity index (χ3v) is 3.20. The normalized spacial score (nSPS) is 11.0. The van der Waals surface area contributed by atoms with Gasteiger partial charge in [-0.25, -0.2) is 18.2 Å². The Labute approximate surface area is 122 Å². The SMILES string of the molecule is O=C(O)Cn1c(-c2ccccc2F)nc2cc(F)c(F)cc21. The van der Waals surface area contributed by atoms with Crippen molar-refractivity contribution < 1.29 is 23.1 Å². The fourth-order valence-corrected chi connectivity index (χ4v) is 2.26. The molecular formula is C15H9F3N2O2. The van der Waals surface area contributed by atoms with Crippen molar-refractivity contribution in [2.75, 3.05) is 0 Å². The predicted octanol–water partition coefficient (Wildman–Crippen LogP) is 3.21. The van der Waals surface area contributed by atoms with Gasteiger partial charge in [-0.3, -0.25) is 4.79 Å². The number of hydrogen-bond acceptors (Lipinski definition) is 2. The van der Waals surface area contributed by atoms with Crippen molar-refractivity contribution in [1.82, 2.24) is 9.55 Å². The van der Waals surface area contributed by atoms with Crippen LogP contribution in [0.2, 0.25) is 0 Å². The molecule has 2 aromatic carbocycles. The van der Waals surface area contributed by atoms with E-state index in [1.807, 2.05) is 0 Å². The van der Waals surface area contributed by atoms with Gasteiger partial charge in [0.05, 0.1) is 16.6 Å². The van der Waals surface area contributed by atoms with Crippen molar-refractivity contribution in [3.63, 3.8) is 0 Å². The van der Waals surface area contributed by atoms with Gasteiger partial charge >= 0.3 is 5.97 Å². The first-order chi connectivity index (χ1) is 10.5. The maximum absolute atomic E-state index is 13.9. The monoisotopic (exact) mass is 306 g/mol. The zero-order valence-corrected chi connectivity index (χ0v) is 11.1. The van der Waals surface area contributed by atoms with E-state index in [9.17, 15) is 18.0 Å². The second-order valence-corrected chi connectivity index (χ2v) is 4.65. The van der Waals surface area contributed by atoms with Gasteiger partial charge in [-0.1, -0.05) is 12.1 Å². The van der Waals surface area contributed by atoms with Crippen LogP contribution in [0.25, 0.3) is 22.4 Å². The van der Waals surface area contributed by atoms with Crippen LogP contribution in [0, 0.1) is 17.5 Å². The van der Waals surface area contributed by atoms with E-state index in [1.165, 1.54) is 18.2 Å². The predicted molar refractivity (Wildman–Crippen MR) is 72.7 cm³/mol. The van der Waals surface area contributed by atoms with Gasteiger partial charge in [0.15, 0.2) is 11.6 Å². The Morgan fingerprint density at radius 1 is 1.09 bits per heavy atom. The van der Waals surface area contributed by atoms with Gasteiger partial charge in [-0.2, -0.15) is 0 Å². The second-order valence-electron chi connectivity index (χ2n) is 4.65. The standard InChI is InChI=1S/C15H9F3N2O2/c16-9-4-2-1-3-8(9)15-19-12-5-10(17)11(18)6-13(12)20(15)7-14(21)22/h1-6H,7H2,(H,21,22). The molecular weight excluding hydrogens is 297 g/mol. The molecule has 3 aromatic rings. The Bertz CT molecular complexity index is 890. The first-order valence-electron chi connectivity index (χ1n) is 6.29. The molecule has 7 heteroatoms. The van der Waals surface area contributed by atoms with Crippen molar-refractivity contribution in [3.8, 4) is 11.4 Å². The molecule has 4 nitrogen and oxygen atoms in total. The lowest BCUT2D eigenvalue weighted by Gasteiger charge is -2.07. The van der Waals surface area contributed by atoms with Gasteiger partial charge in [0.2, 0.25) is 0 Å². The smallest absolute Gasteiger partial charge is 0.323 e. The van der Waals surface area contributed by atoms with E-state index in [2.05, 4.69) is 4.98 Å². The summed E-state index contributed by atoms with van der Waals surface area (Å²) in [6.07, 6.45) is 0. The first-order valence-corrected chi connectivity index (χ1v) is 6.29. The van der Waals surface area contributed by atoms with Gasteiger partial charge in [0, 0.05) is 12.1 Å². The molecule has 1 N–H and O–H groups in total. The lowest BCUT2D eigenvalue weighted by atomic mass is 10.2. The largest absolute Gasteiger partial charge is 0.480 e. The molecule has 1 aromatic heterocycles. The van der Waals surface area contributed by atoms with E-state index >= 15 is 0 Å². The van der Waals surface area contributed by atoms with Crippen LogP contribution in [0.1, 0.15) is 0 Å². The summed E-state index contributed by atoms with van der Waals surface area (Å²) in [5.41, 5.74) is 0.193. The van der Waals surface area contributed by atoms with Crippen molar-refractivity contribution in [1.29, 1.82) is 0 Å². The highest BCUT2D eigenvalue weighted by Gasteiger charge is 2.19. The molecule has 0 saturated heterocycles. The molecule has 0 unspecified atom stereocenters. The molecule has 1 heterocycles. The maximum atomic E-state index is 13.9. The molecule has 0 aliphatic carbocycles. The quantitative estimate of drug-likeness (QED) is 0.808. The van der Waals surface area contributed by atoms with E-state index in [1.54, 1.807) is 6.07 Å². The Morgan fingerprint density at radius 3 is 2.45 bits per heavy atom. The van der Waals surface area contributed by atoms with Crippen molar-refractivity contribution in [3.05, 3.63) is 53.8 Å². The molecule has 112 valence electrons. The summed E-state index contributed by atoms with van der Waals surface area (Å²) in [5, 5.41) is 9.00. The van der Waals surface area contributed by atoms with Crippen molar-refractivity contribution in [2.24, 2.45) is 0 Å². The highest BCUT2D eigenvalue weighted by atomic mass is 19.2. The minimum atomic E-state index is -1.21. The lowest BCUT2D eigenvalue weighted by Crippen LogP contribution is -2.10. The molecule has 0 saturated carbocycles. The number of aromatic nitrogens is 2. The number of benzene rings is 2. The van der Waals surface area contributed by atoms with E-state index in [-0.39, 0.29) is 22.4 Å². The van der Waals surface area contributed by atoms with Gasteiger partial charge in [0.25, 0.3) is 0 Å². The summed E-state index contributed by atoms with van der Waals surface area (Å²) in [6, 6.07) is 7.35. The number of nitrogens with zero attached hydrogens (tertiary/aromatic N) is 2. The Balaban J connectivity index is 2.33. The molecule has 0 radical (unpaired) electrons. The third-order valence-electron chi connectivity index (χ3n) is 3.20. The van der Waals surface area contributed by atoms with Gasteiger partial charge in [-0.05, 0) is 12.1 Å². The third kappa shape index (κ3) is 2.30. The molecule has 22 heavy (non-hydrogen) atoms. The fraction of sp³-hybridized carbons (Fsp3) is 0.0667. The molecule has 0 aliphatic rings. The van der Waals surface area contributed by atoms with E-state index in [4.69, 9.17) is 5.11 Å². The number of carboxylic acid groups (broad SMARTS) is 1. The van der Waals surface area contributed by atoms with E-state index < -0.39 is 30.0 Å². The summed E-state index contributed by atoms with van der Waals surface area (Å²) in [4.78, 5) is 15.1. The van der Waals surface area contributed by atoms with Crippen LogP contribution in [0.4, 0.5) is 13.2 Å². The number of rotatable bonds is 3. The van der Waals surface area contributed by atoms with Crippen LogP contribution in [-0.4, -0.2) is 20.6 Å². The van der Waals surface area contributed by atoms with Gasteiger partial charge in [0.1, 0.15) is 18.2 Å². The number of hydrogen-bond donors (Lipinski definition) is 1. The van der Waals surface area contributed by atoms with Crippen molar-refractivity contribution in [2.45, 2.75) is 6.54 Å². The van der Waals surface area contributed by atoms with Gasteiger partial charge in [-0.15, -0.1) is 0 Å².